The maximum absolute atomic E-state index is 12.4. The molecule has 2 rings (SSSR count). The molecule has 0 saturated heterocycles. The zero-order valence-corrected chi connectivity index (χ0v) is 14.7. The van der Waals surface area contributed by atoms with Crippen molar-refractivity contribution in [1.29, 1.82) is 0 Å². The number of hydrogen-bond donors (Lipinski definition) is 2. The van der Waals surface area contributed by atoms with E-state index in [1.807, 2.05) is 25.1 Å². The second kappa shape index (κ2) is 8.20. The summed E-state index contributed by atoms with van der Waals surface area (Å²) in [6, 6.07) is 6.10. The number of carbonyl (C=O) groups is 1. The predicted molar refractivity (Wildman–Crippen MR) is 93.4 cm³/mol. The van der Waals surface area contributed by atoms with Crippen LogP contribution in [0.1, 0.15) is 41.6 Å². The van der Waals surface area contributed by atoms with Gasteiger partial charge >= 0.3 is 0 Å². The molecule has 1 aliphatic carbocycles. The third-order valence-corrected chi connectivity index (χ3v) is 5.40. The molecule has 1 aromatic carbocycles. The highest BCUT2D eigenvalue weighted by molar-refractivity contribution is 14.1. The normalized spacial score (nSPS) is 21.9. The number of benzene rings is 1. The minimum absolute atomic E-state index is 0. The second-order valence-electron chi connectivity index (χ2n) is 5.30. The molecule has 3 N–H and O–H groups in total. The van der Waals surface area contributed by atoms with Crippen LogP contribution >= 0.6 is 35.0 Å². The molecular weight excluding hydrogens is 387 g/mol. The maximum atomic E-state index is 12.4. The molecule has 0 heterocycles. The molecule has 112 valence electrons. The van der Waals surface area contributed by atoms with Crippen LogP contribution in [0.25, 0.3) is 0 Å². The van der Waals surface area contributed by atoms with Crippen molar-refractivity contribution in [3.8, 4) is 0 Å². The van der Waals surface area contributed by atoms with Gasteiger partial charge in [-0.15, -0.1) is 12.4 Å². The molecule has 1 aromatic rings. The minimum Gasteiger partial charge on any atom is -0.349 e. The van der Waals surface area contributed by atoms with Gasteiger partial charge in [0.1, 0.15) is 0 Å². The van der Waals surface area contributed by atoms with Gasteiger partial charge in [0.05, 0.1) is 5.56 Å². The van der Waals surface area contributed by atoms with Gasteiger partial charge < -0.3 is 11.1 Å². The third kappa shape index (κ3) is 4.09. The number of nitrogens with two attached hydrogens (primary N) is 1. The van der Waals surface area contributed by atoms with Crippen LogP contribution in [0.2, 0.25) is 0 Å². The van der Waals surface area contributed by atoms with Crippen molar-refractivity contribution in [1.82, 2.24) is 5.32 Å². The first kappa shape index (κ1) is 17.7. The lowest BCUT2D eigenvalue weighted by molar-refractivity contribution is 0.0907. The first-order valence-corrected chi connectivity index (χ1v) is 7.97. The topological polar surface area (TPSA) is 55.1 Å². The summed E-state index contributed by atoms with van der Waals surface area (Å²) in [5.74, 6) is 0.471. The van der Waals surface area contributed by atoms with Crippen LogP contribution < -0.4 is 11.1 Å². The van der Waals surface area contributed by atoms with E-state index in [0.29, 0.717) is 12.5 Å². The van der Waals surface area contributed by atoms with Gasteiger partial charge in [-0.25, -0.2) is 0 Å². The van der Waals surface area contributed by atoms with Crippen molar-refractivity contribution in [2.24, 2.45) is 11.7 Å². The molecule has 2 unspecified atom stereocenters. The van der Waals surface area contributed by atoms with E-state index in [1.165, 1.54) is 12.8 Å². The molecule has 5 heteroatoms. The van der Waals surface area contributed by atoms with E-state index in [9.17, 15) is 4.79 Å². The standard InChI is InChI=1S/C15H21IN2O.ClH/c1-10-5-4-7-12(14(10)16)15(19)18-13-8-3-2-6-11(13)9-17;/h4-5,7,11,13H,2-3,6,8-9,17H2,1H3,(H,18,19);1H. The molecule has 1 fully saturated rings. The number of halogens is 2. The van der Waals surface area contributed by atoms with Crippen molar-refractivity contribution >= 4 is 40.9 Å². The average Bonchev–Trinajstić information content (AvgIpc) is 2.42. The Kier molecular flexibility index (Phi) is 7.26. The molecule has 0 spiro atoms. The number of rotatable bonds is 3. The smallest absolute Gasteiger partial charge is 0.252 e. The van der Waals surface area contributed by atoms with E-state index in [2.05, 4.69) is 27.9 Å². The molecule has 2 atom stereocenters. The highest BCUT2D eigenvalue weighted by Crippen LogP contribution is 2.24. The fourth-order valence-electron chi connectivity index (χ4n) is 2.75. The summed E-state index contributed by atoms with van der Waals surface area (Å²) < 4.78 is 1.04. The Morgan fingerprint density at radius 1 is 1.40 bits per heavy atom. The Hall–Kier alpha value is -0.330. The quantitative estimate of drug-likeness (QED) is 0.754. The molecule has 0 radical (unpaired) electrons. The summed E-state index contributed by atoms with van der Waals surface area (Å²) in [6.07, 6.45) is 4.60. The molecule has 3 nitrogen and oxygen atoms in total. The van der Waals surface area contributed by atoms with E-state index in [-0.39, 0.29) is 24.4 Å². The first-order chi connectivity index (χ1) is 9.13. The molecule has 1 aliphatic rings. The lowest BCUT2D eigenvalue weighted by atomic mass is 9.84. The van der Waals surface area contributed by atoms with Crippen LogP contribution in [0.5, 0.6) is 0 Å². The second-order valence-corrected chi connectivity index (χ2v) is 6.38. The third-order valence-electron chi connectivity index (χ3n) is 3.96. The minimum atomic E-state index is 0. The van der Waals surface area contributed by atoms with Crippen LogP contribution in [-0.2, 0) is 0 Å². The van der Waals surface area contributed by atoms with Gasteiger partial charge in [0.15, 0.2) is 0 Å². The summed E-state index contributed by atoms with van der Waals surface area (Å²) >= 11 is 2.24. The lowest BCUT2D eigenvalue weighted by Gasteiger charge is -2.31. The van der Waals surface area contributed by atoms with Gasteiger partial charge in [-0.05, 0) is 66.4 Å². The van der Waals surface area contributed by atoms with Crippen LogP contribution in [0.15, 0.2) is 18.2 Å². The van der Waals surface area contributed by atoms with Crippen molar-refractivity contribution < 1.29 is 4.79 Å². The van der Waals surface area contributed by atoms with Crippen molar-refractivity contribution in [3.63, 3.8) is 0 Å². The molecule has 0 bridgehead atoms. The largest absolute Gasteiger partial charge is 0.349 e. The summed E-state index contributed by atoms with van der Waals surface area (Å²) in [7, 11) is 0. The molecule has 20 heavy (non-hydrogen) atoms. The van der Waals surface area contributed by atoms with Gasteiger partial charge in [-0.2, -0.15) is 0 Å². The van der Waals surface area contributed by atoms with E-state index < -0.39 is 0 Å². The van der Waals surface area contributed by atoms with Crippen molar-refractivity contribution in [3.05, 3.63) is 32.9 Å². The Balaban J connectivity index is 0.00000200. The van der Waals surface area contributed by atoms with Gasteiger partial charge in [0, 0.05) is 9.61 Å². The number of carbonyl (C=O) groups excluding carboxylic acids is 1. The van der Waals surface area contributed by atoms with Gasteiger partial charge in [-0.3, -0.25) is 4.79 Å². The van der Waals surface area contributed by atoms with Crippen molar-refractivity contribution in [2.45, 2.75) is 38.6 Å². The SMILES string of the molecule is Cc1cccc(C(=O)NC2CCCCC2CN)c1I.Cl. The molecular formula is C15H22ClIN2O. The van der Waals surface area contributed by atoms with Gasteiger partial charge in [0.25, 0.3) is 5.91 Å². The van der Waals surface area contributed by atoms with Crippen LogP contribution in [0.3, 0.4) is 0 Å². The number of hydrogen-bond acceptors (Lipinski definition) is 2. The van der Waals surface area contributed by atoms with E-state index >= 15 is 0 Å². The molecule has 1 saturated carbocycles. The number of aryl methyl sites for hydroxylation is 1. The monoisotopic (exact) mass is 408 g/mol. The number of amides is 1. The molecule has 0 aromatic heterocycles. The van der Waals surface area contributed by atoms with Crippen LogP contribution in [0, 0.1) is 16.4 Å². The van der Waals surface area contributed by atoms with Gasteiger partial charge in [0.2, 0.25) is 0 Å². The number of nitrogens with one attached hydrogen (secondary N) is 1. The zero-order valence-electron chi connectivity index (χ0n) is 11.7. The van der Waals surface area contributed by atoms with E-state index in [4.69, 9.17) is 5.73 Å². The van der Waals surface area contributed by atoms with Crippen molar-refractivity contribution in [2.75, 3.05) is 6.54 Å². The highest BCUT2D eigenvalue weighted by Gasteiger charge is 2.26. The van der Waals surface area contributed by atoms with E-state index in [1.54, 1.807) is 0 Å². The summed E-state index contributed by atoms with van der Waals surface area (Å²) in [5, 5.41) is 3.18. The zero-order chi connectivity index (χ0) is 13.8. The Morgan fingerprint density at radius 2 is 2.10 bits per heavy atom. The highest BCUT2D eigenvalue weighted by atomic mass is 127. The van der Waals surface area contributed by atoms with E-state index in [0.717, 1.165) is 27.5 Å². The molecule has 1 amide bonds. The fourth-order valence-corrected chi connectivity index (χ4v) is 3.35. The summed E-state index contributed by atoms with van der Waals surface area (Å²) in [5.41, 5.74) is 7.73. The predicted octanol–water partition coefficient (Wildman–Crippen LogP) is 3.27. The fraction of sp³-hybridized carbons (Fsp3) is 0.533. The summed E-state index contributed by atoms with van der Waals surface area (Å²) in [6.45, 7) is 2.69. The van der Waals surface area contributed by atoms with Gasteiger partial charge in [-0.1, -0.05) is 25.0 Å². The first-order valence-electron chi connectivity index (χ1n) is 6.89. The Bertz CT molecular complexity index is 467. The Labute approximate surface area is 140 Å². The van der Waals surface area contributed by atoms with Crippen LogP contribution in [0.4, 0.5) is 0 Å². The molecule has 0 aliphatic heterocycles. The maximum Gasteiger partial charge on any atom is 0.252 e. The lowest BCUT2D eigenvalue weighted by Crippen LogP contribution is -2.44. The van der Waals surface area contributed by atoms with Crippen LogP contribution in [-0.4, -0.2) is 18.5 Å². The summed E-state index contributed by atoms with van der Waals surface area (Å²) in [4.78, 5) is 12.4. The Morgan fingerprint density at radius 3 is 2.80 bits per heavy atom. The average molecular weight is 409 g/mol.